The quantitative estimate of drug-likeness (QED) is 0.241. The minimum Gasteiger partial charge on any atom is -0.508 e. The molecule has 0 saturated heterocycles. The molecule has 1 saturated carbocycles. The summed E-state index contributed by atoms with van der Waals surface area (Å²) < 4.78 is 12.7. The number of rotatable bonds is 2. The average Bonchev–Trinajstić information content (AvgIpc) is 3.06. The number of carbonyl (C=O) groups excluding carboxylic acids is 2. The molecule has 2 aliphatic heterocycles. The summed E-state index contributed by atoms with van der Waals surface area (Å²) in [5.41, 5.74) is 4.29. The van der Waals surface area contributed by atoms with Crippen LogP contribution in [0, 0.1) is 11.8 Å². The normalized spacial score (nSPS) is 27.7. The molecule has 8 nitrogen and oxygen atoms in total. The fourth-order valence-electron chi connectivity index (χ4n) is 8.22. The topological polar surface area (TPSA) is 134 Å². The monoisotopic (exact) mass is 606 g/mol. The number of carbonyl (C=O) groups is 2. The van der Waals surface area contributed by atoms with E-state index >= 15 is 0 Å². The lowest BCUT2D eigenvalue weighted by Crippen LogP contribution is -2.63. The minimum atomic E-state index is -2.56. The maximum atomic E-state index is 14.7. The maximum Gasteiger partial charge on any atom is 0.300 e. The zero-order valence-electron chi connectivity index (χ0n) is 23.8. The molecule has 4 aliphatic carbocycles. The Morgan fingerprint density at radius 2 is 1.35 bits per heavy atom. The molecule has 0 aromatic heterocycles. The fourth-order valence-corrected chi connectivity index (χ4v) is 8.22. The fraction of sp³-hybridized carbons (Fsp3) is 0.105. The number of ether oxygens (including phenoxy) is 2. The van der Waals surface area contributed by atoms with Crippen molar-refractivity contribution in [3.63, 3.8) is 0 Å². The first-order chi connectivity index (χ1) is 22.2. The van der Waals surface area contributed by atoms with E-state index in [-0.39, 0.29) is 39.7 Å². The molecule has 222 valence electrons. The Morgan fingerprint density at radius 1 is 0.652 bits per heavy atom. The summed E-state index contributed by atoms with van der Waals surface area (Å²) in [6, 6.07) is 19.9. The predicted octanol–water partition coefficient (Wildman–Crippen LogP) is 5.33. The van der Waals surface area contributed by atoms with E-state index in [1.165, 1.54) is 24.3 Å². The van der Waals surface area contributed by atoms with Gasteiger partial charge in [0.2, 0.25) is 11.6 Å². The molecule has 10 rings (SSSR count). The number of allylic oxidation sites excluding steroid dienone is 7. The lowest BCUT2D eigenvalue weighted by Gasteiger charge is -2.55. The number of aliphatic hydroxyl groups is 2. The van der Waals surface area contributed by atoms with E-state index in [0.717, 1.165) is 5.57 Å². The van der Waals surface area contributed by atoms with Gasteiger partial charge in [0.05, 0.1) is 11.5 Å². The molecular weight excluding hydrogens is 584 g/mol. The second-order valence-electron chi connectivity index (χ2n) is 12.4. The van der Waals surface area contributed by atoms with E-state index in [4.69, 9.17) is 9.47 Å². The average molecular weight is 607 g/mol. The Kier molecular flexibility index (Phi) is 4.52. The van der Waals surface area contributed by atoms with Crippen LogP contribution < -0.4 is 4.74 Å². The number of hydrogen-bond acceptors (Lipinski definition) is 8. The van der Waals surface area contributed by atoms with Crippen molar-refractivity contribution >= 4 is 33.5 Å². The molecule has 2 heterocycles. The van der Waals surface area contributed by atoms with Crippen LogP contribution in [0.3, 0.4) is 0 Å². The number of benzene rings is 4. The Hall–Kier alpha value is -5.70. The number of phenols is 2. The molecule has 0 radical (unpaired) electrons. The van der Waals surface area contributed by atoms with Crippen molar-refractivity contribution in [3.8, 4) is 28.4 Å². The number of ketones is 2. The van der Waals surface area contributed by atoms with Crippen LogP contribution >= 0.6 is 0 Å². The van der Waals surface area contributed by atoms with Crippen LogP contribution in [-0.2, 0) is 9.53 Å². The van der Waals surface area contributed by atoms with E-state index in [2.05, 4.69) is 0 Å². The lowest BCUT2D eigenvalue weighted by atomic mass is 9.56. The van der Waals surface area contributed by atoms with Crippen LogP contribution in [0.2, 0.25) is 0 Å². The van der Waals surface area contributed by atoms with Gasteiger partial charge in [0.25, 0.3) is 5.79 Å². The molecule has 4 aromatic rings. The van der Waals surface area contributed by atoms with Gasteiger partial charge < -0.3 is 29.9 Å². The van der Waals surface area contributed by atoms with E-state index < -0.39 is 35.0 Å². The molecule has 0 unspecified atom stereocenters. The Bertz CT molecular complexity index is 2340. The van der Waals surface area contributed by atoms with Gasteiger partial charge >= 0.3 is 5.79 Å². The number of Topliss-reactive ketones (excluding diaryl/α,β-unsaturated/α-hetero) is 2. The van der Waals surface area contributed by atoms with Crippen LogP contribution in [-0.4, -0.2) is 43.6 Å². The van der Waals surface area contributed by atoms with Gasteiger partial charge in [-0.15, -0.1) is 0 Å². The molecule has 8 heteroatoms. The first kappa shape index (κ1) is 25.6. The Labute approximate surface area is 260 Å². The minimum absolute atomic E-state index is 0.0405. The molecule has 0 spiro atoms. The zero-order valence-corrected chi connectivity index (χ0v) is 23.8. The molecule has 0 bridgehead atoms. The molecule has 6 aliphatic rings. The summed E-state index contributed by atoms with van der Waals surface area (Å²) in [6.07, 6.45) is 7.20. The largest absolute Gasteiger partial charge is 0.508 e. The van der Waals surface area contributed by atoms with Gasteiger partial charge in [-0.05, 0) is 69.6 Å². The lowest BCUT2D eigenvalue weighted by molar-refractivity contribution is -0.171. The molecule has 4 atom stereocenters. The van der Waals surface area contributed by atoms with E-state index in [1.807, 2.05) is 18.2 Å². The van der Waals surface area contributed by atoms with Gasteiger partial charge in [-0.3, -0.25) is 9.59 Å². The highest BCUT2D eigenvalue weighted by atomic mass is 16.6. The van der Waals surface area contributed by atoms with Crippen molar-refractivity contribution in [1.82, 2.24) is 0 Å². The van der Waals surface area contributed by atoms with Gasteiger partial charge in [-0.1, -0.05) is 60.7 Å². The first-order valence-corrected chi connectivity index (χ1v) is 14.9. The van der Waals surface area contributed by atoms with E-state index in [0.29, 0.717) is 44.2 Å². The molecule has 46 heavy (non-hydrogen) atoms. The van der Waals surface area contributed by atoms with Crippen LogP contribution in [0.1, 0.15) is 21.5 Å². The Balaban J connectivity index is 1.31. The van der Waals surface area contributed by atoms with Crippen molar-refractivity contribution in [2.75, 3.05) is 0 Å². The van der Waals surface area contributed by atoms with Crippen molar-refractivity contribution < 1.29 is 39.5 Å². The highest BCUT2D eigenvalue weighted by molar-refractivity contribution is 6.28. The van der Waals surface area contributed by atoms with E-state index in [9.17, 15) is 30.0 Å². The maximum absolute atomic E-state index is 14.7. The summed E-state index contributed by atoms with van der Waals surface area (Å²) >= 11 is 0. The van der Waals surface area contributed by atoms with Crippen molar-refractivity contribution in [2.45, 2.75) is 11.6 Å². The molecule has 0 amide bonds. The van der Waals surface area contributed by atoms with Crippen molar-refractivity contribution in [1.29, 1.82) is 0 Å². The van der Waals surface area contributed by atoms with Gasteiger partial charge in [-0.2, -0.15) is 0 Å². The van der Waals surface area contributed by atoms with Gasteiger partial charge in [-0.25, -0.2) is 0 Å². The second kappa shape index (κ2) is 8.11. The third-order valence-corrected chi connectivity index (χ3v) is 10.1. The predicted molar refractivity (Wildman–Crippen MR) is 166 cm³/mol. The molecule has 4 N–H and O–H groups in total. The summed E-state index contributed by atoms with van der Waals surface area (Å²) in [5.74, 6) is -7.33. The van der Waals surface area contributed by atoms with Crippen molar-refractivity contribution in [2.24, 2.45) is 11.8 Å². The van der Waals surface area contributed by atoms with Crippen LogP contribution in [0.5, 0.6) is 17.2 Å². The molecule has 1 fully saturated rings. The van der Waals surface area contributed by atoms with Crippen LogP contribution in [0.4, 0.5) is 0 Å². The summed E-state index contributed by atoms with van der Waals surface area (Å²) in [4.78, 5) is 29.4. The second-order valence-corrected chi connectivity index (χ2v) is 12.4. The standard InChI is InChI=1S/C38H22O8/c39-21-9-1-17(2-10-21)23-13-5-19-7-15-25-31-27(19)29(23)35(41)37(43)33(31)34-32-26(45-37)16-8-20-6-14-24(18-3-11-22(40)12-4-18)30(28(20)32)36(42)38(34,44)46-25/h1-16,27,31,39-40,43-44H/t27-,31-,37+,38-/m1/s1. The van der Waals surface area contributed by atoms with Crippen molar-refractivity contribution in [3.05, 3.63) is 136 Å². The SMILES string of the molecule is O=C1C2=C(c3ccc(O)cc3)C=CC3=CC=C4O[C@@]5(O)C(=O)c6c(-c7ccc(O)cc7)ccc7ccc8c(c67)C5=C([C@H]4[C@H]32)[C@]1(O)O8. The van der Waals surface area contributed by atoms with E-state index in [1.54, 1.807) is 54.6 Å². The highest BCUT2D eigenvalue weighted by Gasteiger charge is 2.68. The molecule has 4 aromatic carbocycles. The van der Waals surface area contributed by atoms with Crippen LogP contribution in [0.15, 0.2) is 120 Å². The molecular formula is C38H22O8. The zero-order chi connectivity index (χ0) is 31.3. The summed E-state index contributed by atoms with van der Waals surface area (Å²) in [6.45, 7) is 0. The van der Waals surface area contributed by atoms with Gasteiger partial charge in [0.15, 0.2) is 0 Å². The third-order valence-electron chi connectivity index (χ3n) is 10.1. The van der Waals surface area contributed by atoms with Gasteiger partial charge in [0, 0.05) is 33.6 Å². The third kappa shape index (κ3) is 2.87. The summed E-state index contributed by atoms with van der Waals surface area (Å²) in [7, 11) is 0. The first-order valence-electron chi connectivity index (χ1n) is 14.9. The number of hydrogen-bond donors (Lipinski definition) is 4. The smallest absolute Gasteiger partial charge is 0.300 e. The number of phenolic OH excluding ortho intramolecular Hbond substituents is 2. The van der Waals surface area contributed by atoms with Gasteiger partial charge in [0.1, 0.15) is 23.0 Å². The highest BCUT2D eigenvalue weighted by Crippen LogP contribution is 2.65. The Morgan fingerprint density at radius 3 is 2.09 bits per heavy atom. The summed E-state index contributed by atoms with van der Waals surface area (Å²) in [5, 5.41) is 46.0. The number of aromatic hydroxyl groups is 2. The van der Waals surface area contributed by atoms with Crippen LogP contribution in [0.25, 0.3) is 33.0 Å².